The number of rotatable bonds is 4. The molecule has 5 rings (SSSR count). The zero-order valence-electron chi connectivity index (χ0n) is 16.5. The lowest BCUT2D eigenvalue weighted by Gasteiger charge is -2.43. The van der Waals surface area contributed by atoms with Gasteiger partial charge in [-0.2, -0.15) is 12.7 Å². The maximum atomic E-state index is 13.3. The molecular formula is C19H26N6O3S. The Morgan fingerprint density at radius 3 is 2.72 bits per heavy atom. The standard InChI is InChI=1S/C19H26N6O3S/c1-23(18(26)14-4-2-3-5-14)29(27,28)25-11-10-24(12-19(25)7-8-19)17-15-6-9-20-16(15)21-13-22-17/h6,9,13-14H,2-5,7-8,10-12H2,1H3,(H,20,21,22). The van der Waals surface area contributed by atoms with Gasteiger partial charge in [0.15, 0.2) is 0 Å². The predicted octanol–water partition coefficient (Wildman–Crippen LogP) is 1.51. The Kier molecular flexibility index (Phi) is 4.32. The molecule has 2 aliphatic carbocycles. The van der Waals surface area contributed by atoms with Crippen molar-refractivity contribution in [2.45, 2.75) is 44.1 Å². The number of fused-ring (bicyclic) bond motifs is 1. The number of H-pyrrole nitrogens is 1. The van der Waals surface area contributed by atoms with Gasteiger partial charge in [0.05, 0.1) is 10.9 Å². The first-order chi connectivity index (χ1) is 13.9. The summed E-state index contributed by atoms with van der Waals surface area (Å²) in [6.07, 6.45) is 8.55. The first-order valence-electron chi connectivity index (χ1n) is 10.3. The fraction of sp³-hybridized carbons (Fsp3) is 0.632. The lowest BCUT2D eigenvalue weighted by molar-refractivity contribution is -0.129. The van der Waals surface area contributed by atoms with Crippen molar-refractivity contribution in [1.29, 1.82) is 0 Å². The second-order valence-corrected chi connectivity index (χ2v) is 10.3. The quantitative estimate of drug-likeness (QED) is 0.807. The molecule has 1 N–H and O–H groups in total. The highest BCUT2D eigenvalue weighted by atomic mass is 32.2. The number of aromatic nitrogens is 3. The SMILES string of the molecule is CN(C(=O)C1CCCC1)S(=O)(=O)N1CCN(c2ncnc3[nH]ccc23)CC12CC2. The third-order valence-corrected chi connectivity index (χ3v) is 8.69. The van der Waals surface area contributed by atoms with Gasteiger partial charge in [0.25, 0.3) is 0 Å². The first kappa shape index (κ1) is 18.8. The highest BCUT2D eigenvalue weighted by Crippen LogP contribution is 2.47. The van der Waals surface area contributed by atoms with Gasteiger partial charge in [-0.05, 0) is 31.7 Å². The van der Waals surface area contributed by atoms with E-state index in [1.165, 1.54) is 13.4 Å². The van der Waals surface area contributed by atoms with Crippen LogP contribution in [-0.4, -0.2) is 70.1 Å². The molecule has 2 aromatic heterocycles. The average molecular weight is 419 g/mol. The summed E-state index contributed by atoms with van der Waals surface area (Å²) >= 11 is 0. The van der Waals surface area contributed by atoms with Crippen LogP contribution in [0.4, 0.5) is 5.82 Å². The minimum Gasteiger partial charge on any atom is -0.353 e. The van der Waals surface area contributed by atoms with Crippen LogP contribution in [0, 0.1) is 5.92 Å². The zero-order valence-corrected chi connectivity index (χ0v) is 17.4. The number of nitrogens with one attached hydrogen (secondary N) is 1. The maximum absolute atomic E-state index is 13.3. The minimum atomic E-state index is -3.83. The van der Waals surface area contributed by atoms with Crippen molar-refractivity contribution in [3.05, 3.63) is 18.6 Å². The summed E-state index contributed by atoms with van der Waals surface area (Å²) in [4.78, 5) is 26.7. The van der Waals surface area contributed by atoms with E-state index in [1.807, 2.05) is 12.3 Å². The van der Waals surface area contributed by atoms with Crippen molar-refractivity contribution < 1.29 is 13.2 Å². The van der Waals surface area contributed by atoms with Gasteiger partial charge in [-0.25, -0.2) is 14.3 Å². The monoisotopic (exact) mass is 418 g/mol. The molecule has 3 aliphatic rings. The molecule has 3 heterocycles. The molecule has 1 spiro atoms. The molecule has 0 aromatic carbocycles. The topological polar surface area (TPSA) is 102 Å². The van der Waals surface area contributed by atoms with Crippen LogP contribution >= 0.6 is 0 Å². The Morgan fingerprint density at radius 2 is 2.00 bits per heavy atom. The number of nitrogens with zero attached hydrogens (tertiary/aromatic N) is 5. The van der Waals surface area contributed by atoms with Crippen molar-refractivity contribution in [3.63, 3.8) is 0 Å². The Morgan fingerprint density at radius 1 is 1.24 bits per heavy atom. The van der Waals surface area contributed by atoms with Crippen molar-refractivity contribution >= 4 is 33.0 Å². The summed E-state index contributed by atoms with van der Waals surface area (Å²) in [5, 5.41) is 0.938. The van der Waals surface area contributed by atoms with Gasteiger partial charge in [0.1, 0.15) is 17.8 Å². The van der Waals surface area contributed by atoms with Crippen molar-refractivity contribution in [2.24, 2.45) is 5.92 Å². The third-order valence-electron chi connectivity index (χ3n) is 6.69. The Balaban J connectivity index is 1.38. The molecule has 2 aromatic rings. The molecule has 0 bridgehead atoms. The van der Waals surface area contributed by atoms with E-state index >= 15 is 0 Å². The molecule has 29 heavy (non-hydrogen) atoms. The molecule has 2 saturated carbocycles. The van der Waals surface area contributed by atoms with E-state index in [9.17, 15) is 13.2 Å². The minimum absolute atomic E-state index is 0.158. The molecule has 156 valence electrons. The average Bonchev–Trinajstić information content (AvgIpc) is 3.16. The number of piperazine rings is 1. The molecular weight excluding hydrogens is 392 g/mol. The van der Waals surface area contributed by atoms with E-state index in [1.54, 1.807) is 4.31 Å². The molecule has 1 aliphatic heterocycles. The van der Waals surface area contributed by atoms with Crippen molar-refractivity contribution in [3.8, 4) is 0 Å². The smallest absolute Gasteiger partial charge is 0.306 e. The summed E-state index contributed by atoms with van der Waals surface area (Å²) in [7, 11) is -2.41. The van der Waals surface area contributed by atoms with Gasteiger partial charge >= 0.3 is 10.2 Å². The van der Waals surface area contributed by atoms with Crippen LogP contribution in [-0.2, 0) is 15.0 Å². The fourth-order valence-electron chi connectivity index (χ4n) is 4.86. The van der Waals surface area contributed by atoms with Gasteiger partial charge in [0.2, 0.25) is 5.91 Å². The molecule has 9 nitrogen and oxygen atoms in total. The Labute approximate surface area is 170 Å². The van der Waals surface area contributed by atoms with Crippen LogP contribution in [0.5, 0.6) is 0 Å². The summed E-state index contributed by atoms with van der Waals surface area (Å²) < 4.78 is 29.2. The molecule has 0 unspecified atom stereocenters. The van der Waals surface area contributed by atoms with Gasteiger partial charge in [0, 0.05) is 38.8 Å². The van der Waals surface area contributed by atoms with Crippen LogP contribution in [0.1, 0.15) is 38.5 Å². The number of hydrogen-bond acceptors (Lipinski definition) is 6. The fourth-order valence-corrected chi connectivity index (χ4v) is 6.57. The van der Waals surface area contributed by atoms with E-state index in [4.69, 9.17) is 0 Å². The molecule has 0 atom stereocenters. The summed E-state index contributed by atoms with van der Waals surface area (Å²) in [5.41, 5.74) is 0.325. The second kappa shape index (κ2) is 6.66. The van der Waals surface area contributed by atoms with Gasteiger partial charge in [-0.15, -0.1) is 0 Å². The van der Waals surface area contributed by atoms with E-state index in [0.717, 1.165) is 59.7 Å². The largest absolute Gasteiger partial charge is 0.353 e. The number of anilines is 1. The van der Waals surface area contributed by atoms with E-state index < -0.39 is 15.7 Å². The van der Waals surface area contributed by atoms with Crippen molar-refractivity contribution in [2.75, 3.05) is 31.6 Å². The highest BCUT2D eigenvalue weighted by molar-refractivity contribution is 7.87. The molecule has 1 saturated heterocycles. The number of hydrogen-bond donors (Lipinski definition) is 1. The third kappa shape index (κ3) is 3.00. The Hall–Kier alpha value is -2.20. The van der Waals surface area contributed by atoms with Crippen LogP contribution in [0.15, 0.2) is 18.6 Å². The van der Waals surface area contributed by atoms with Gasteiger partial charge < -0.3 is 9.88 Å². The lowest BCUT2D eigenvalue weighted by atomic mass is 10.1. The van der Waals surface area contributed by atoms with E-state index in [-0.39, 0.29) is 11.8 Å². The lowest BCUT2D eigenvalue weighted by Crippen LogP contribution is -2.60. The molecule has 3 fully saturated rings. The summed E-state index contributed by atoms with van der Waals surface area (Å²) in [6.45, 7) is 1.46. The summed E-state index contributed by atoms with van der Waals surface area (Å²) in [6, 6.07) is 1.95. The number of aromatic amines is 1. The number of amides is 1. The highest BCUT2D eigenvalue weighted by Gasteiger charge is 2.57. The molecule has 1 amide bonds. The van der Waals surface area contributed by atoms with Crippen LogP contribution < -0.4 is 4.90 Å². The van der Waals surface area contributed by atoms with E-state index in [2.05, 4.69) is 19.9 Å². The number of carbonyl (C=O) groups is 1. The maximum Gasteiger partial charge on any atom is 0.306 e. The molecule has 0 radical (unpaired) electrons. The van der Waals surface area contributed by atoms with Gasteiger partial charge in [-0.3, -0.25) is 4.79 Å². The van der Waals surface area contributed by atoms with Crippen LogP contribution in [0.3, 0.4) is 0 Å². The van der Waals surface area contributed by atoms with Crippen molar-refractivity contribution in [1.82, 2.24) is 23.6 Å². The molecule has 10 heteroatoms. The Bertz CT molecular complexity index is 1040. The van der Waals surface area contributed by atoms with E-state index in [0.29, 0.717) is 19.6 Å². The van der Waals surface area contributed by atoms with Gasteiger partial charge in [-0.1, -0.05) is 12.8 Å². The van der Waals surface area contributed by atoms with Crippen LogP contribution in [0.2, 0.25) is 0 Å². The zero-order chi connectivity index (χ0) is 20.2. The first-order valence-corrected chi connectivity index (χ1v) is 11.7. The second-order valence-electron chi connectivity index (χ2n) is 8.45. The number of carbonyl (C=O) groups excluding carboxylic acids is 1. The normalized spacial score (nSPS) is 22.4. The van der Waals surface area contributed by atoms with Crippen LogP contribution in [0.25, 0.3) is 11.0 Å². The summed E-state index contributed by atoms with van der Waals surface area (Å²) in [5.74, 6) is 0.412. The predicted molar refractivity (Wildman–Crippen MR) is 108 cm³/mol.